The average Bonchev–Trinajstić information content (AvgIpc) is 3.31. The molecule has 0 spiro atoms. The Morgan fingerprint density at radius 3 is 2.71 bits per heavy atom. The van der Waals surface area contributed by atoms with Gasteiger partial charge in [0, 0.05) is 5.39 Å². The Morgan fingerprint density at radius 2 is 1.90 bits per heavy atom. The molecule has 0 fully saturated rings. The minimum absolute atomic E-state index is 0.136. The van der Waals surface area contributed by atoms with Crippen LogP contribution in [0.2, 0.25) is 0 Å². The second-order valence-electron chi connectivity index (χ2n) is 6.65. The lowest BCUT2D eigenvalue weighted by Crippen LogP contribution is -2.28. The predicted molar refractivity (Wildman–Crippen MR) is 114 cm³/mol. The lowest BCUT2D eigenvalue weighted by Gasteiger charge is -2.06. The van der Waals surface area contributed by atoms with E-state index >= 15 is 0 Å². The van der Waals surface area contributed by atoms with Crippen molar-refractivity contribution < 1.29 is 23.2 Å². The van der Waals surface area contributed by atoms with E-state index in [0.29, 0.717) is 22.6 Å². The van der Waals surface area contributed by atoms with Gasteiger partial charge in [0.1, 0.15) is 16.9 Å². The largest absolute Gasteiger partial charge is 0.467 e. The molecule has 0 bridgehead atoms. The number of nitrogens with one attached hydrogen (secondary N) is 1. The van der Waals surface area contributed by atoms with Crippen molar-refractivity contribution in [3.63, 3.8) is 0 Å². The third-order valence-electron chi connectivity index (χ3n) is 4.49. The number of fused-ring (bicyclic) bond motifs is 1. The van der Waals surface area contributed by atoms with Crippen LogP contribution in [-0.4, -0.2) is 18.5 Å². The maximum absolute atomic E-state index is 12.9. The summed E-state index contributed by atoms with van der Waals surface area (Å²) in [4.78, 5) is 29.4. The zero-order valence-corrected chi connectivity index (χ0v) is 16.8. The molecule has 0 radical (unpaired) electrons. The van der Waals surface area contributed by atoms with Gasteiger partial charge in [-0.25, -0.2) is 9.79 Å². The summed E-state index contributed by atoms with van der Waals surface area (Å²) in [6, 6.07) is 19.3. The lowest BCUT2D eigenvalue weighted by atomic mass is 10.1. The molecule has 0 aliphatic rings. The number of carbonyl (C=O) groups is 2. The first-order chi connectivity index (χ1) is 15.1. The summed E-state index contributed by atoms with van der Waals surface area (Å²) in [6.07, 6.45) is 1.55. The molecule has 0 saturated heterocycles. The molecule has 1 N–H and O–H groups in total. The van der Waals surface area contributed by atoms with Crippen molar-refractivity contribution in [2.24, 2.45) is 4.99 Å². The van der Waals surface area contributed by atoms with Gasteiger partial charge in [-0.15, -0.1) is 0 Å². The number of amides is 1. The van der Waals surface area contributed by atoms with Crippen LogP contribution in [0, 0.1) is 0 Å². The third kappa shape index (κ3) is 4.72. The van der Waals surface area contributed by atoms with Gasteiger partial charge in [0.2, 0.25) is 5.55 Å². The molecule has 2 aromatic carbocycles. The minimum atomic E-state index is -0.439. The van der Waals surface area contributed by atoms with Gasteiger partial charge in [-0.1, -0.05) is 24.3 Å². The number of furan rings is 1. The Hall–Kier alpha value is -4.13. The summed E-state index contributed by atoms with van der Waals surface area (Å²) in [7, 11) is 0. The Balaban J connectivity index is 1.75. The van der Waals surface area contributed by atoms with E-state index in [0.717, 1.165) is 5.39 Å². The van der Waals surface area contributed by atoms with Crippen molar-refractivity contribution in [1.29, 1.82) is 0 Å². The quantitative estimate of drug-likeness (QED) is 0.471. The van der Waals surface area contributed by atoms with Crippen LogP contribution in [0.25, 0.3) is 11.0 Å². The summed E-state index contributed by atoms with van der Waals surface area (Å²) in [5.41, 5.74) is 1.83. The fourth-order valence-electron chi connectivity index (χ4n) is 3.02. The standard InChI is InChI=1S/C24H20N2O5/c1-2-29-24(28)17-8-5-9-18(13-17)26-23-20(14-16-7-3-4-11-21(16)31-23)22(27)25-15-19-10-6-12-30-19/h3-14H,2,15H2,1H3,(H,25,27). The fourth-order valence-corrected chi connectivity index (χ4v) is 3.02. The molecule has 2 aromatic heterocycles. The monoisotopic (exact) mass is 416 g/mol. The molecule has 0 atom stereocenters. The maximum atomic E-state index is 12.9. The van der Waals surface area contributed by atoms with Gasteiger partial charge in [-0.2, -0.15) is 0 Å². The number of esters is 1. The van der Waals surface area contributed by atoms with E-state index in [9.17, 15) is 9.59 Å². The molecule has 1 amide bonds. The van der Waals surface area contributed by atoms with Crippen molar-refractivity contribution in [3.05, 3.63) is 95.4 Å². The van der Waals surface area contributed by atoms with Gasteiger partial charge in [-0.3, -0.25) is 4.79 Å². The molecule has 2 heterocycles. The van der Waals surface area contributed by atoms with E-state index < -0.39 is 5.97 Å². The molecule has 0 aliphatic carbocycles. The van der Waals surface area contributed by atoms with E-state index in [-0.39, 0.29) is 30.2 Å². The Labute approximate surface area is 178 Å². The molecular weight excluding hydrogens is 396 g/mol. The zero-order chi connectivity index (χ0) is 21.6. The summed E-state index contributed by atoms with van der Waals surface area (Å²) in [6.45, 7) is 2.25. The van der Waals surface area contributed by atoms with Gasteiger partial charge < -0.3 is 18.9 Å². The molecule has 7 nitrogen and oxygen atoms in total. The van der Waals surface area contributed by atoms with Crippen LogP contribution in [0.15, 0.2) is 86.8 Å². The normalized spacial score (nSPS) is 11.5. The first-order valence-electron chi connectivity index (χ1n) is 9.79. The minimum Gasteiger partial charge on any atom is -0.467 e. The molecule has 0 saturated carbocycles. The number of rotatable bonds is 6. The van der Waals surface area contributed by atoms with Crippen LogP contribution in [-0.2, 0) is 11.3 Å². The average molecular weight is 416 g/mol. The maximum Gasteiger partial charge on any atom is 0.338 e. The van der Waals surface area contributed by atoms with Gasteiger partial charge in [0.05, 0.1) is 30.7 Å². The highest BCUT2D eigenvalue weighted by Crippen LogP contribution is 2.17. The fraction of sp³-hybridized carbons (Fsp3) is 0.125. The molecule has 31 heavy (non-hydrogen) atoms. The second-order valence-corrected chi connectivity index (χ2v) is 6.65. The number of hydrogen-bond acceptors (Lipinski definition) is 6. The predicted octanol–water partition coefficient (Wildman–Crippen LogP) is 4.36. The highest BCUT2D eigenvalue weighted by molar-refractivity contribution is 5.96. The number of ether oxygens (including phenoxy) is 1. The van der Waals surface area contributed by atoms with Crippen LogP contribution < -0.4 is 10.9 Å². The molecule has 0 unspecified atom stereocenters. The van der Waals surface area contributed by atoms with Gasteiger partial charge in [0.25, 0.3) is 5.91 Å². The zero-order valence-electron chi connectivity index (χ0n) is 16.8. The molecule has 0 aliphatic heterocycles. The van der Waals surface area contributed by atoms with Crippen LogP contribution in [0.1, 0.15) is 33.4 Å². The summed E-state index contributed by atoms with van der Waals surface area (Å²) >= 11 is 0. The first-order valence-corrected chi connectivity index (χ1v) is 9.79. The SMILES string of the molecule is CCOC(=O)c1cccc(N=c2oc3ccccc3cc2C(=O)NCc2ccco2)c1. The highest BCUT2D eigenvalue weighted by atomic mass is 16.5. The second kappa shape index (κ2) is 9.13. The van der Waals surface area contributed by atoms with Crippen molar-refractivity contribution in [1.82, 2.24) is 5.32 Å². The first kappa shape index (κ1) is 20.2. The molecule has 156 valence electrons. The topological polar surface area (TPSA) is 94.0 Å². The van der Waals surface area contributed by atoms with Crippen molar-refractivity contribution >= 4 is 28.5 Å². The number of hydrogen-bond donors (Lipinski definition) is 1. The molecule has 7 heteroatoms. The molecular formula is C24H20N2O5. The summed E-state index contributed by atoms with van der Waals surface area (Å²) < 4.78 is 16.2. The van der Waals surface area contributed by atoms with Gasteiger partial charge in [0.15, 0.2) is 0 Å². The number of carbonyl (C=O) groups excluding carboxylic acids is 2. The van der Waals surface area contributed by atoms with E-state index in [1.165, 1.54) is 0 Å². The van der Waals surface area contributed by atoms with Crippen LogP contribution in [0.5, 0.6) is 0 Å². The van der Waals surface area contributed by atoms with Gasteiger partial charge >= 0.3 is 5.97 Å². The molecule has 4 aromatic rings. The van der Waals surface area contributed by atoms with Crippen LogP contribution >= 0.6 is 0 Å². The smallest absolute Gasteiger partial charge is 0.338 e. The van der Waals surface area contributed by atoms with E-state index in [4.69, 9.17) is 13.6 Å². The van der Waals surface area contributed by atoms with Crippen molar-refractivity contribution in [2.75, 3.05) is 6.61 Å². The number of benzene rings is 2. The van der Waals surface area contributed by atoms with E-state index in [2.05, 4.69) is 10.3 Å². The number of nitrogens with zero attached hydrogens (tertiary/aromatic N) is 1. The molecule has 4 rings (SSSR count). The third-order valence-corrected chi connectivity index (χ3v) is 4.49. The Kier molecular flexibility index (Phi) is 5.93. The van der Waals surface area contributed by atoms with Crippen molar-refractivity contribution in [2.45, 2.75) is 13.5 Å². The van der Waals surface area contributed by atoms with Crippen LogP contribution in [0.3, 0.4) is 0 Å². The van der Waals surface area contributed by atoms with E-state index in [1.807, 2.05) is 18.2 Å². The highest BCUT2D eigenvalue weighted by Gasteiger charge is 2.14. The van der Waals surface area contributed by atoms with Crippen molar-refractivity contribution in [3.8, 4) is 0 Å². The Bertz CT molecular complexity index is 1290. The van der Waals surface area contributed by atoms with E-state index in [1.54, 1.807) is 61.7 Å². The lowest BCUT2D eigenvalue weighted by molar-refractivity contribution is 0.0526. The van der Waals surface area contributed by atoms with Crippen LogP contribution in [0.4, 0.5) is 5.69 Å². The summed E-state index contributed by atoms with van der Waals surface area (Å²) in [5, 5.41) is 3.58. The number of para-hydroxylation sites is 1. The summed E-state index contributed by atoms with van der Waals surface area (Å²) in [5.74, 6) is -0.163. The Morgan fingerprint density at radius 1 is 1.03 bits per heavy atom. The van der Waals surface area contributed by atoms with Gasteiger partial charge in [-0.05, 0) is 49.4 Å².